The second-order valence-corrected chi connectivity index (χ2v) is 11.2. The summed E-state index contributed by atoms with van der Waals surface area (Å²) in [5, 5.41) is 0.199. The quantitative estimate of drug-likeness (QED) is 0.216. The molecule has 0 radical (unpaired) electrons. The Hall–Kier alpha value is -3.76. The van der Waals surface area contributed by atoms with E-state index in [9.17, 15) is 22.4 Å². The number of benzene rings is 3. The number of imidazole rings is 1. The number of fused-ring (bicyclic) bond motifs is 1. The Morgan fingerprint density at radius 3 is 2.48 bits per heavy atom. The Morgan fingerprint density at radius 1 is 1.05 bits per heavy atom. The molecule has 2 aromatic heterocycles. The SMILES string of the molecule is CC1(c2nc3cc(Cl)c(C(F)(F)F)cc3[nH]2)CCCN1C(=O)c1nc(-c2ccccc2)sc1-c1ccc(F)cc1. The van der Waals surface area contributed by atoms with Crippen LogP contribution in [0.3, 0.4) is 0 Å². The molecule has 1 fully saturated rings. The van der Waals surface area contributed by atoms with Crippen LogP contribution in [0.15, 0.2) is 66.7 Å². The maximum atomic E-state index is 14.2. The van der Waals surface area contributed by atoms with Crippen molar-refractivity contribution in [3.05, 3.63) is 94.7 Å². The van der Waals surface area contributed by atoms with Gasteiger partial charge in [-0.25, -0.2) is 14.4 Å². The number of aromatic nitrogens is 3. The molecule has 1 atom stereocenters. The third-order valence-electron chi connectivity index (χ3n) is 7.23. The summed E-state index contributed by atoms with van der Waals surface area (Å²) in [5.41, 5.74) is 0.289. The molecule has 0 spiro atoms. The molecule has 1 aliphatic rings. The molecule has 11 heteroatoms. The van der Waals surface area contributed by atoms with Crippen molar-refractivity contribution in [2.75, 3.05) is 6.54 Å². The number of nitrogens with one attached hydrogen (secondary N) is 1. The fourth-order valence-electron chi connectivity index (χ4n) is 5.13. The summed E-state index contributed by atoms with van der Waals surface area (Å²) in [6, 6.07) is 17.5. The molecule has 1 aliphatic heterocycles. The zero-order chi connectivity index (χ0) is 28.2. The van der Waals surface area contributed by atoms with Gasteiger partial charge in [0.25, 0.3) is 5.91 Å². The number of amides is 1. The van der Waals surface area contributed by atoms with E-state index in [2.05, 4.69) is 9.97 Å². The van der Waals surface area contributed by atoms with Crippen molar-refractivity contribution in [2.24, 2.45) is 0 Å². The topological polar surface area (TPSA) is 61.9 Å². The zero-order valence-corrected chi connectivity index (χ0v) is 22.6. The van der Waals surface area contributed by atoms with Gasteiger partial charge in [0.2, 0.25) is 0 Å². The van der Waals surface area contributed by atoms with Gasteiger partial charge in [-0.2, -0.15) is 13.2 Å². The summed E-state index contributed by atoms with van der Waals surface area (Å²) in [7, 11) is 0. The molecule has 5 nitrogen and oxygen atoms in total. The van der Waals surface area contributed by atoms with Crippen LogP contribution in [0.5, 0.6) is 0 Å². The first-order chi connectivity index (χ1) is 19.0. The Balaban J connectivity index is 1.43. The number of nitrogens with zero attached hydrogens (tertiary/aromatic N) is 3. The van der Waals surface area contributed by atoms with E-state index in [0.29, 0.717) is 40.7 Å². The first kappa shape index (κ1) is 26.5. The first-order valence-corrected chi connectivity index (χ1v) is 13.6. The van der Waals surface area contributed by atoms with Gasteiger partial charge >= 0.3 is 6.18 Å². The van der Waals surface area contributed by atoms with Gasteiger partial charge in [-0.15, -0.1) is 11.3 Å². The van der Waals surface area contributed by atoms with Gasteiger partial charge < -0.3 is 9.88 Å². The van der Waals surface area contributed by atoms with Gasteiger partial charge in [0.1, 0.15) is 22.3 Å². The van der Waals surface area contributed by atoms with E-state index in [1.54, 1.807) is 17.0 Å². The smallest absolute Gasteiger partial charge is 0.340 e. The third-order valence-corrected chi connectivity index (χ3v) is 8.70. The van der Waals surface area contributed by atoms with Crippen molar-refractivity contribution < 1.29 is 22.4 Å². The van der Waals surface area contributed by atoms with Gasteiger partial charge in [0.15, 0.2) is 0 Å². The number of thiazole rings is 1. The highest BCUT2D eigenvalue weighted by Gasteiger charge is 2.45. The van der Waals surface area contributed by atoms with E-state index in [4.69, 9.17) is 16.6 Å². The molecule has 1 amide bonds. The Morgan fingerprint density at radius 2 is 1.77 bits per heavy atom. The monoisotopic (exact) mass is 584 g/mol. The Labute approximate surface area is 235 Å². The van der Waals surface area contributed by atoms with E-state index in [1.807, 2.05) is 37.3 Å². The maximum absolute atomic E-state index is 14.2. The molecule has 3 aromatic carbocycles. The largest absolute Gasteiger partial charge is 0.417 e. The van der Waals surface area contributed by atoms with Crippen LogP contribution in [0.25, 0.3) is 32.0 Å². The number of likely N-dealkylation sites (tertiary alicyclic amines) is 1. The summed E-state index contributed by atoms with van der Waals surface area (Å²) in [4.78, 5) is 28.8. The molecule has 6 rings (SSSR count). The Bertz CT molecular complexity index is 1730. The van der Waals surface area contributed by atoms with E-state index in [0.717, 1.165) is 11.6 Å². The lowest BCUT2D eigenvalue weighted by atomic mass is 9.97. The van der Waals surface area contributed by atoms with E-state index < -0.39 is 28.1 Å². The van der Waals surface area contributed by atoms with Crippen LogP contribution >= 0.6 is 22.9 Å². The number of halogens is 5. The number of hydrogen-bond acceptors (Lipinski definition) is 4. The summed E-state index contributed by atoms with van der Waals surface area (Å²) in [6.45, 7) is 2.24. The predicted octanol–water partition coefficient (Wildman–Crippen LogP) is 8.32. The minimum absolute atomic E-state index is 0.180. The van der Waals surface area contributed by atoms with Gasteiger partial charge in [0.05, 0.1) is 32.0 Å². The normalized spacial score (nSPS) is 17.6. The van der Waals surface area contributed by atoms with E-state index >= 15 is 0 Å². The van der Waals surface area contributed by atoms with Gasteiger partial charge in [-0.1, -0.05) is 54.1 Å². The summed E-state index contributed by atoms with van der Waals surface area (Å²) in [6.07, 6.45) is -3.41. The standard InChI is InChI=1S/C29H21ClF4N4OS/c1-28(27-35-21-14-19(29(32,33)34)20(30)15-22(21)36-27)12-5-13-38(28)26(39)23-24(16-8-10-18(31)11-9-16)40-25(37-23)17-6-3-2-4-7-17/h2-4,6-11,14-15H,5,12-13H2,1H3,(H,35,36). The number of carbonyl (C=O) groups is 1. The molecule has 40 heavy (non-hydrogen) atoms. The molecular weight excluding hydrogens is 564 g/mol. The highest BCUT2D eigenvalue weighted by molar-refractivity contribution is 7.18. The highest BCUT2D eigenvalue weighted by atomic mass is 35.5. The molecule has 0 saturated carbocycles. The second kappa shape index (κ2) is 9.71. The van der Waals surface area contributed by atoms with Crippen molar-refractivity contribution in [1.82, 2.24) is 19.9 Å². The first-order valence-electron chi connectivity index (χ1n) is 12.5. The fraction of sp³-hybridized carbons (Fsp3) is 0.207. The van der Waals surface area contributed by atoms with Crippen molar-refractivity contribution in [2.45, 2.75) is 31.5 Å². The van der Waals surface area contributed by atoms with E-state index in [-0.39, 0.29) is 22.6 Å². The van der Waals surface area contributed by atoms with Crippen LogP contribution in [0.1, 0.15) is 41.6 Å². The number of H-pyrrole nitrogens is 1. The lowest BCUT2D eigenvalue weighted by molar-refractivity contribution is -0.137. The molecule has 1 N–H and O–H groups in total. The van der Waals surface area contributed by atoms with Crippen molar-refractivity contribution >= 4 is 39.9 Å². The number of rotatable bonds is 4. The predicted molar refractivity (Wildman–Crippen MR) is 147 cm³/mol. The zero-order valence-electron chi connectivity index (χ0n) is 21.0. The van der Waals surface area contributed by atoms with Crippen molar-refractivity contribution in [1.29, 1.82) is 0 Å². The molecule has 0 aliphatic carbocycles. The van der Waals surface area contributed by atoms with Crippen LogP contribution in [0.2, 0.25) is 5.02 Å². The number of aromatic amines is 1. The fourth-order valence-corrected chi connectivity index (χ4v) is 6.47. The van der Waals surface area contributed by atoms with Crippen LogP contribution in [0, 0.1) is 5.82 Å². The van der Waals surface area contributed by atoms with Crippen LogP contribution in [-0.4, -0.2) is 32.3 Å². The summed E-state index contributed by atoms with van der Waals surface area (Å²) < 4.78 is 54.0. The lowest BCUT2D eigenvalue weighted by Crippen LogP contribution is -2.44. The summed E-state index contributed by atoms with van der Waals surface area (Å²) >= 11 is 7.26. The second-order valence-electron chi connectivity index (χ2n) is 9.84. The van der Waals surface area contributed by atoms with Crippen LogP contribution < -0.4 is 0 Å². The van der Waals surface area contributed by atoms with Crippen molar-refractivity contribution in [3.8, 4) is 21.0 Å². The number of alkyl halides is 3. The van der Waals surface area contributed by atoms with Gasteiger partial charge in [-0.3, -0.25) is 4.79 Å². The van der Waals surface area contributed by atoms with Gasteiger partial charge in [0, 0.05) is 12.1 Å². The lowest BCUT2D eigenvalue weighted by Gasteiger charge is -2.33. The molecule has 1 saturated heterocycles. The Kier molecular flexibility index (Phi) is 6.42. The van der Waals surface area contributed by atoms with E-state index in [1.165, 1.54) is 29.5 Å². The van der Waals surface area contributed by atoms with Gasteiger partial charge in [-0.05, 0) is 49.6 Å². The van der Waals surface area contributed by atoms with Crippen molar-refractivity contribution in [3.63, 3.8) is 0 Å². The molecule has 204 valence electrons. The number of hydrogen-bond donors (Lipinski definition) is 1. The molecule has 1 unspecified atom stereocenters. The average molecular weight is 585 g/mol. The van der Waals surface area contributed by atoms with Crippen LogP contribution in [-0.2, 0) is 11.7 Å². The molecule has 0 bridgehead atoms. The van der Waals surface area contributed by atoms with Crippen LogP contribution in [0.4, 0.5) is 17.6 Å². The maximum Gasteiger partial charge on any atom is 0.417 e. The average Bonchev–Trinajstić information content (AvgIpc) is 3.65. The molecular formula is C29H21ClF4N4OS. The molecule has 3 heterocycles. The number of carbonyl (C=O) groups excluding carboxylic acids is 1. The molecule has 5 aromatic rings. The highest BCUT2D eigenvalue weighted by Crippen LogP contribution is 2.43. The minimum Gasteiger partial charge on any atom is -0.340 e. The minimum atomic E-state index is -4.62. The third kappa shape index (κ3) is 4.54. The summed E-state index contributed by atoms with van der Waals surface area (Å²) in [5.74, 6) is -0.368.